The summed E-state index contributed by atoms with van der Waals surface area (Å²) in [7, 11) is 0. The van der Waals surface area contributed by atoms with Gasteiger partial charge in [0.1, 0.15) is 0 Å². The van der Waals surface area contributed by atoms with E-state index in [0.29, 0.717) is 11.6 Å². The molecule has 0 aliphatic rings. The first kappa shape index (κ1) is 17.0. The minimum atomic E-state index is -4.32. The third kappa shape index (κ3) is 5.49. The minimum absolute atomic E-state index is 0.0287. The molecule has 1 N–H and O–H groups in total. The number of aromatic nitrogens is 1. The molecule has 1 aromatic heterocycles. The van der Waals surface area contributed by atoms with Gasteiger partial charge in [-0.2, -0.15) is 13.2 Å². The van der Waals surface area contributed by atoms with Gasteiger partial charge in [-0.15, -0.1) is 0 Å². The third-order valence-electron chi connectivity index (χ3n) is 3.20. The number of nitrogens with zero attached hydrogens (tertiary/aromatic N) is 1. The molecular formula is C15H23F3N2. The van der Waals surface area contributed by atoms with Gasteiger partial charge in [0.25, 0.3) is 0 Å². The Bertz CT molecular complexity index is 385. The Morgan fingerprint density at radius 2 is 1.90 bits per heavy atom. The molecule has 0 spiro atoms. The van der Waals surface area contributed by atoms with Crippen LogP contribution >= 0.6 is 0 Å². The van der Waals surface area contributed by atoms with Crippen molar-refractivity contribution in [3.05, 3.63) is 29.6 Å². The zero-order valence-corrected chi connectivity index (χ0v) is 12.3. The zero-order valence-electron chi connectivity index (χ0n) is 12.3. The Morgan fingerprint density at radius 1 is 1.20 bits per heavy atom. The van der Waals surface area contributed by atoms with E-state index in [0.717, 1.165) is 38.1 Å². The Labute approximate surface area is 118 Å². The summed E-state index contributed by atoms with van der Waals surface area (Å²) in [5, 5.41) is 3.29. The Balaban J connectivity index is 2.71. The molecule has 0 amide bonds. The molecule has 0 saturated heterocycles. The Kier molecular flexibility index (Phi) is 6.46. The number of hydrogen-bond donors (Lipinski definition) is 1. The van der Waals surface area contributed by atoms with E-state index in [4.69, 9.17) is 0 Å². The second kappa shape index (κ2) is 7.62. The average molecular weight is 288 g/mol. The van der Waals surface area contributed by atoms with Crippen molar-refractivity contribution in [3.8, 4) is 0 Å². The first-order valence-electron chi connectivity index (χ1n) is 7.11. The molecule has 2 nitrogen and oxygen atoms in total. The standard InChI is InChI=1S/C15H23F3N2/c1-4-19-13(7-5-6-11(2)3)14-9-8-12(10-20-14)15(16,17)18/h8-11,13,19H,4-7H2,1-3H3. The van der Waals surface area contributed by atoms with E-state index in [1.165, 1.54) is 6.07 Å². The van der Waals surface area contributed by atoms with Gasteiger partial charge in [-0.1, -0.05) is 33.6 Å². The summed E-state index contributed by atoms with van der Waals surface area (Å²) in [6, 6.07) is 2.61. The molecule has 0 fully saturated rings. The summed E-state index contributed by atoms with van der Waals surface area (Å²) in [4.78, 5) is 3.98. The first-order chi connectivity index (χ1) is 9.34. The van der Waals surface area contributed by atoms with Crippen LogP contribution in [0.25, 0.3) is 0 Å². The molecule has 1 heterocycles. The third-order valence-corrected chi connectivity index (χ3v) is 3.20. The molecule has 1 rings (SSSR count). The molecule has 0 bridgehead atoms. The van der Waals surface area contributed by atoms with Gasteiger partial charge in [-0.3, -0.25) is 4.98 Å². The van der Waals surface area contributed by atoms with Gasteiger partial charge >= 0.3 is 6.18 Å². The lowest BCUT2D eigenvalue weighted by atomic mass is 10.0. The minimum Gasteiger partial charge on any atom is -0.309 e. The average Bonchev–Trinajstić information content (AvgIpc) is 2.36. The molecule has 0 aliphatic heterocycles. The van der Waals surface area contributed by atoms with Crippen molar-refractivity contribution in [2.45, 2.75) is 52.3 Å². The maximum atomic E-state index is 12.5. The van der Waals surface area contributed by atoms with E-state index in [-0.39, 0.29) is 6.04 Å². The SMILES string of the molecule is CCNC(CCCC(C)C)c1ccc(C(F)(F)F)cn1. The van der Waals surface area contributed by atoms with E-state index in [2.05, 4.69) is 24.1 Å². The highest BCUT2D eigenvalue weighted by atomic mass is 19.4. The van der Waals surface area contributed by atoms with Crippen LogP contribution < -0.4 is 5.32 Å². The molecule has 0 saturated carbocycles. The van der Waals surface area contributed by atoms with Crippen LogP contribution in [0, 0.1) is 5.92 Å². The fourth-order valence-corrected chi connectivity index (χ4v) is 2.11. The molecule has 1 unspecified atom stereocenters. The first-order valence-corrected chi connectivity index (χ1v) is 7.11. The van der Waals surface area contributed by atoms with Crippen molar-refractivity contribution in [3.63, 3.8) is 0 Å². The molecule has 1 aromatic rings. The second-order valence-electron chi connectivity index (χ2n) is 5.40. The predicted molar refractivity (Wildman–Crippen MR) is 74.3 cm³/mol. The lowest BCUT2D eigenvalue weighted by Crippen LogP contribution is -2.22. The summed E-state index contributed by atoms with van der Waals surface area (Å²) >= 11 is 0. The molecule has 5 heteroatoms. The molecule has 0 aliphatic carbocycles. The topological polar surface area (TPSA) is 24.9 Å². The van der Waals surface area contributed by atoms with Crippen molar-refractivity contribution in [1.82, 2.24) is 10.3 Å². The van der Waals surface area contributed by atoms with E-state index >= 15 is 0 Å². The maximum absolute atomic E-state index is 12.5. The van der Waals surface area contributed by atoms with Crippen molar-refractivity contribution < 1.29 is 13.2 Å². The van der Waals surface area contributed by atoms with Crippen LogP contribution in [0.1, 0.15) is 57.3 Å². The van der Waals surface area contributed by atoms with Gasteiger partial charge in [-0.25, -0.2) is 0 Å². The fourth-order valence-electron chi connectivity index (χ4n) is 2.11. The van der Waals surface area contributed by atoms with Gasteiger partial charge < -0.3 is 5.32 Å². The van der Waals surface area contributed by atoms with E-state index < -0.39 is 11.7 Å². The van der Waals surface area contributed by atoms with Crippen LogP contribution in [-0.2, 0) is 6.18 Å². The molecule has 114 valence electrons. The fraction of sp³-hybridized carbons (Fsp3) is 0.667. The van der Waals surface area contributed by atoms with Crippen molar-refractivity contribution in [1.29, 1.82) is 0 Å². The van der Waals surface area contributed by atoms with E-state index in [1.54, 1.807) is 0 Å². The van der Waals surface area contributed by atoms with Gasteiger partial charge in [0.05, 0.1) is 11.3 Å². The summed E-state index contributed by atoms with van der Waals surface area (Å²) in [6.45, 7) is 7.09. The van der Waals surface area contributed by atoms with Crippen LogP contribution in [0.2, 0.25) is 0 Å². The highest BCUT2D eigenvalue weighted by Gasteiger charge is 2.30. The normalized spacial score (nSPS) is 13.8. The molecule has 0 aromatic carbocycles. The number of rotatable bonds is 7. The molecule has 20 heavy (non-hydrogen) atoms. The monoisotopic (exact) mass is 288 g/mol. The van der Waals surface area contributed by atoms with Crippen LogP contribution in [-0.4, -0.2) is 11.5 Å². The lowest BCUT2D eigenvalue weighted by Gasteiger charge is -2.18. The number of nitrogens with one attached hydrogen (secondary N) is 1. The Hall–Kier alpha value is -1.10. The van der Waals surface area contributed by atoms with Crippen LogP contribution in [0.5, 0.6) is 0 Å². The van der Waals surface area contributed by atoms with Crippen molar-refractivity contribution in [2.75, 3.05) is 6.54 Å². The van der Waals surface area contributed by atoms with Gasteiger partial charge in [0, 0.05) is 12.2 Å². The van der Waals surface area contributed by atoms with Crippen molar-refractivity contribution >= 4 is 0 Å². The predicted octanol–water partition coefficient (Wildman–Crippen LogP) is 4.58. The molecule has 1 atom stereocenters. The summed E-state index contributed by atoms with van der Waals surface area (Å²) in [5.74, 6) is 0.637. The smallest absolute Gasteiger partial charge is 0.309 e. The van der Waals surface area contributed by atoms with Crippen LogP contribution in [0.4, 0.5) is 13.2 Å². The number of hydrogen-bond acceptors (Lipinski definition) is 2. The quantitative estimate of drug-likeness (QED) is 0.794. The van der Waals surface area contributed by atoms with Gasteiger partial charge in [0.2, 0.25) is 0 Å². The highest BCUT2D eigenvalue weighted by Crippen LogP contribution is 2.29. The second-order valence-corrected chi connectivity index (χ2v) is 5.40. The number of pyridine rings is 1. The molecular weight excluding hydrogens is 265 g/mol. The van der Waals surface area contributed by atoms with E-state index in [9.17, 15) is 13.2 Å². The summed E-state index contributed by atoms with van der Waals surface area (Å²) in [6.07, 6.45) is -0.357. The maximum Gasteiger partial charge on any atom is 0.417 e. The summed E-state index contributed by atoms with van der Waals surface area (Å²) in [5.41, 5.74) is -0.0118. The summed E-state index contributed by atoms with van der Waals surface area (Å²) < 4.78 is 37.5. The zero-order chi connectivity index (χ0) is 15.2. The van der Waals surface area contributed by atoms with Gasteiger partial charge in [0.15, 0.2) is 0 Å². The Morgan fingerprint density at radius 3 is 2.35 bits per heavy atom. The number of halogens is 3. The van der Waals surface area contributed by atoms with Crippen LogP contribution in [0.15, 0.2) is 18.3 Å². The highest BCUT2D eigenvalue weighted by molar-refractivity contribution is 5.19. The number of alkyl halides is 3. The van der Waals surface area contributed by atoms with Crippen molar-refractivity contribution in [2.24, 2.45) is 5.92 Å². The largest absolute Gasteiger partial charge is 0.417 e. The van der Waals surface area contributed by atoms with E-state index in [1.807, 2.05) is 6.92 Å². The lowest BCUT2D eigenvalue weighted by molar-refractivity contribution is -0.137. The molecule has 0 radical (unpaired) electrons. The van der Waals surface area contributed by atoms with Gasteiger partial charge in [-0.05, 0) is 31.0 Å². The van der Waals surface area contributed by atoms with Crippen LogP contribution in [0.3, 0.4) is 0 Å².